The number of aromatic nitrogens is 5. The second kappa shape index (κ2) is 9.34. The quantitative estimate of drug-likeness (QED) is 0.336. The van der Waals surface area contributed by atoms with E-state index in [9.17, 15) is 11.9 Å². The standard InChI is InChI=1S/C27H26ClN9/c1-26(2,3)15-31-25-20-11-18(10-17(12-29)23(20)32-16-33-25)34-24(19-6-4-5-7-21(19)28)22-13-37(36-35-22)27(14-30)8-9-27/h4-7,10-11,13,16,24,34H,8-9,15H2,1-3H3,(H,31,32,33)/i24D. The van der Waals surface area contributed by atoms with Gasteiger partial charge in [0.05, 0.1) is 30.7 Å². The highest BCUT2D eigenvalue weighted by Gasteiger charge is 2.47. The largest absolute Gasteiger partial charge is 0.373 e. The molecule has 2 aromatic heterocycles. The van der Waals surface area contributed by atoms with E-state index in [0.29, 0.717) is 57.9 Å². The molecule has 1 saturated carbocycles. The molecule has 1 fully saturated rings. The molecule has 1 unspecified atom stereocenters. The summed E-state index contributed by atoms with van der Waals surface area (Å²) in [5.41, 5.74) is 1.30. The molecule has 2 heterocycles. The van der Waals surface area contributed by atoms with Crippen LogP contribution in [0.15, 0.2) is 48.9 Å². The molecule has 4 aromatic rings. The van der Waals surface area contributed by atoms with E-state index in [1.165, 1.54) is 11.0 Å². The average Bonchev–Trinajstić information content (AvgIpc) is 3.53. The highest BCUT2D eigenvalue weighted by atomic mass is 35.5. The maximum Gasteiger partial charge on any atom is 0.150 e. The molecule has 2 aromatic carbocycles. The Hall–Kier alpha value is -4.21. The molecule has 1 atom stereocenters. The van der Waals surface area contributed by atoms with Crippen LogP contribution >= 0.6 is 11.6 Å². The summed E-state index contributed by atoms with van der Waals surface area (Å²) < 4.78 is 11.1. The molecule has 5 rings (SSSR count). The van der Waals surface area contributed by atoms with E-state index in [-0.39, 0.29) is 11.1 Å². The van der Waals surface area contributed by atoms with Gasteiger partial charge >= 0.3 is 0 Å². The summed E-state index contributed by atoms with van der Waals surface area (Å²) in [6, 6.07) is 13.3. The normalized spacial score (nSPS) is 16.2. The van der Waals surface area contributed by atoms with Gasteiger partial charge in [0.25, 0.3) is 0 Å². The van der Waals surface area contributed by atoms with Crippen molar-refractivity contribution in [2.45, 2.75) is 45.2 Å². The first kappa shape index (κ1) is 23.2. The third-order valence-electron chi connectivity index (χ3n) is 6.18. The number of nitrogens with one attached hydrogen (secondary N) is 2. The molecule has 1 aliphatic rings. The van der Waals surface area contributed by atoms with Crippen LogP contribution in [-0.4, -0.2) is 31.5 Å². The maximum atomic E-state index is 9.93. The van der Waals surface area contributed by atoms with Crippen LogP contribution in [0.3, 0.4) is 0 Å². The fourth-order valence-corrected chi connectivity index (χ4v) is 4.22. The van der Waals surface area contributed by atoms with Crippen LogP contribution < -0.4 is 10.6 Å². The van der Waals surface area contributed by atoms with Gasteiger partial charge in [0, 0.05) is 22.6 Å². The average molecular weight is 513 g/mol. The molecule has 9 nitrogen and oxygen atoms in total. The van der Waals surface area contributed by atoms with E-state index in [1.807, 2.05) is 6.07 Å². The first-order valence-corrected chi connectivity index (χ1v) is 12.3. The second-order valence-corrected chi connectivity index (χ2v) is 10.7. The van der Waals surface area contributed by atoms with Crippen molar-refractivity contribution < 1.29 is 1.37 Å². The Morgan fingerprint density at radius 2 is 2.00 bits per heavy atom. The zero-order valence-electron chi connectivity index (χ0n) is 21.7. The molecule has 1 aliphatic carbocycles. The molecule has 10 heteroatoms. The van der Waals surface area contributed by atoms with Gasteiger partial charge in [-0.05, 0) is 42.0 Å². The van der Waals surface area contributed by atoms with Crippen molar-refractivity contribution in [3.63, 3.8) is 0 Å². The monoisotopic (exact) mass is 512 g/mol. The number of benzene rings is 2. The SMILES string of the molecule is [2H]C(Nc1cc(C#N)c2ncnc(NCC(C)(C)C)c2c1)(c1cn(C2(C#N)CC2)nn1)c1ccccc1Cl. The summed E-state index contributed by atoms with van der Waals surface area (Å²) in [5.74, 6) is 0.592. The fourth-order valence-electron chi connectivity index (χ4n) is 3.99. The number of rotatable bonds is 7. The van der Waals surface area contributed by atoms with Gasteiger partial charge in [-0.3, -0.25) is 0 Å². The molecule has 37 heavy (non-hydrogen) atoms. The third kappa shape index (κ3) is 4.91. The molecule has 2 N–H and O–H groups in total. The van der Waals surface area contributed by atoms with Crippen molar-refractivity contribution in [2.24, 2.45) is 5.41 Å². The Labute approximate surface area is 221 Å². The van der Waals surface area contributed by atoms with E-state index in [0.717, 1.165) is 0 Å². The van der Waals surface area contributed by atoms with Gasteiger partial charge in [-0.1, -0.05) is 55.8 Å². The van der Waals surface area contributed by atoms with Crippen molar-refractivity contribution in [3.05, 3.63) is 70.8 Å². The van der Waals surface area contributed by atoms with Crippen LogP contribution in [-0.2, 0) is 5.54 Å². The van der Waals surface area contributed by atoms with Crippen molar-refractivity contribution in [3.8, 4) is 12.1 Å². The summed E-state index contributed by atoms with van der Waals surface area (Å²) in [7, 11) is 0. The number of hydrogen-bond donors (Lipinski definition) is 2. The lowest BCUT2D eigenvalue weighted by Gasteiger charge is -2.21. The Morgan fingerprint density at radius 3 is 2.68 bits per heavy atom. The third-order valence-corrected chi connectivity index (χ3v) is 6.51. The van der Waals surface area contributed by atoms with E-state index in [1.54, 1.807) is 36.5 Å². The van der Waals surface area contributed by atoms with Crippen LogP contribution in [0.25, 0.3) is 10.9 Å². The summed E-state index contributed by atoms with van der Waals surface area (Å²) in [4.78, 5) is 8.76. The molecule has 0 radical (unpaired) electrons. The van der Waals surface area contributed by atoms with Crippen LogP contribution in [0.1, 0.15) is 57.8 Å². The van der Waals surface area contributed by atoms with Gasteiger partial charge < -0.3 is 10.6 Å². The minimum Gasteiger partial charge on any atom is -0.373 e. The lowest BCUT2D eigenvalue weighted by Crippen LogP contribution is -2.20. The van der Waals surface area contributed by atoms with E-state index in [2.05, 4.69) is 63.8 Å². The summed E-state index contributed by atoms with van der Waals surface area (Å²) in [6.45, 7) is 6.99. The fraction of sp³-hybridized carbons (Fsp3) is 0.333. The molecular weight excluding hydrogens is 486 g/mol. The lowest BCUT2D eigenvalue weighted by molar-refractivity contribution is 0.442. The molecule has 186 valence electrons. The zero-order chi connectivity index (χ0) is 27.1. The van der Waals surface area contributed by atoms with Crippen molar-refractivity contribution in [2.75, 3.05) is 17.2 Å². The van der Waals surface area contributed by atoms with Gasteiger partial charge in [-0.2, -0.15) is 10.5 Å². The number of nitrogens with zero attached hydrogens (tertiary/aromatic N) is 7. The van der Waals surface area contributed by atoms with E-state index in [4.69, 9.17) is 11.6 Å². The number of hydrogen-bond acceptors (Lipinski definition) is 8. The van der Waals surface area contributed by atoms with Gasteiger partial charge in [-0.15, -0.1) is 5.10 Å². The first-order chi connectivity index (χ1) is 18.1. The van der Waals surface area contributed by atoms with Crippen LogP contribution in [0, 0.1) is 28.1 Å². The minimum atomic E-state index is -1.68. The van der Waals surface area contributed by atoms with Crippen molar-refractivity contribution in [1.82, 2.24) is 25.0 Å². The first-order valence-electron chi connectivity index (χ1n) is 12.4. The molecule has 0 bridgehead atoms. The number of anilines is 2. The number of halogens is 1. The van der Waals surface area contributed by atoms with E-state index < -0.39 is 11.6 Å². The zero-order valence-corrected chi connectivity index (χ0v) is 21.5. The smallest absolute Gasteiger partial charge is 0.150 e. The number of nitriles is 2. The van der Waals surface area contributed by atoms with Crippen LogP contribution in [0.4, 0.5) is 11.5 Å². The highest BCUT2D eigenvalue weighted by Crippen LogP contribution is 2.43. The molecule has 0 amide bonds. The highest BCUT2D eigenvalue weighted by molar-refractivity contribution is 6.31. The predicted octanol–water partition coefficient (Wildman–Crippen LogP) is 5.42. The summed E-state index contributed by atoms with van der Waals surface area (Å²) in [5, 5.41) is 35.6. The Morgan fingerprint density at radius 1 is 1.22 bits per heavy atom. The topological polar surface area (TPSA) is 128 Å². The number of fused-ring (bicyclic) bond motifs is 1. The Kier molecular flexibility index (Phi) is 5.86. The molecule has 0 spiro atoms. The van der Waals surface area contributed by atoms with Gasteiger partial charge in [-0.25, -0.2) is 14.6 Å². The second-order valence-electron chi connectivity index (χ2n) is 10.3. The van der Waals surface area contributed by atoms with Crippen molar-refractivity contribution in [1.29, 1.82) is 10.5 Å². The Bertz CT molecular complexity index is 1610. The summed E-state index contributed by atoms with van der Waals surface area (Å²) in [6.07, 6.45) is 4.40. The molecule has 0 aliphatic heterocycles. The molecule has 0 saturated heterocycles. The Balaban J connectivity index is 1.63. The maximum absolute atomic E-state index is 9.93. The van der Waals surface area contributed by atoms with Crippen LogP contribution in [0.2, 0.25) is 5.02 Å². The van der Waals surface area contributed by atoms with Crippen LogP contribution in [0.5, 0.6) is 0 Å². The minimum absolute atomic E-state index is 0.000243. The summed E-state index contributed by atoms with van der Waals surface area (Å²) >= 11 is 6.57. The van der Waals surface area contributed by atoms with Gasteiger partial charge in [0.1, 0.15) is 23.9 Å². The van der Waals surface area contributed by atoms with Gasteiger partial charge in [0.15, 0.2) is 5.54 Å². The van der Waals surface area contributed by atoms with Crippen molar-refractivity contribution >= 4 is 34.0 Å². The lowest BCUT2D eigenvalue weighted by atomic mass is 9.97. The van der Waals surface area contributed by atoms with Gasteiger partial charge in [0.2, 0.25) is 0 Å². The predicted molar refractivity (Wildman–Crippen MR) is 142 cm³/mol. The molecular formula is C27H26ClN9. The van der Waals surface area contributed by atoms with E-state index >= 15 is 0 Å².